The van der Waals surface area contributed by atoms with Gasteiger partial charge >= 0.3 is 11.8 Å². The molecule has 0 fully saturated rings. The van der Waals surface area contributed by atoms with Gasteiger partial charge in [-0.3, -0.25) is 9.59 Å². The molecule has 25 heavy (non-hydrogen) atoms. The van der Waals surface area contributed by atoms with Gasteiger partial charge in [-0.1, -0.05) is 36.4 Å². The van der Waals surface area contributed by atoms with E-state index in [4.69, 9.17) is 4.74 Å². The Morgan fingerprint density at radius 3 is 2.44 bits per heavy atom. The number of benzene rings is 2. The van der Waals surface area contributed by atoms with Crippen molar-refractivity contribution in [1.82, 2.24) is 10.7 Å². The summed E-state index contributed by atoms with van der Waals surface area (Å²) >= 11 is 0. The number of hydrogen-bond donors (Lipinski definition) is 2. The quantitative estimate of drug-likeness (QED) is 0.351. The third kappa shape index (κ3) is 6.31. The highest BCUT2D eigenvalue weighted by Crippen LogP contribution is 2.13. The molecule has 0 unspecified atom stereocenters. The number of hydrogen-bond acceptors (Lipinski definition) is 4. The molecule has 2 aromatic carbocycles. The molecule has 0 spiro atoms. The summed E-state index contributed by atoms with van der Waals surface area (Å²) in [6.45, 7) is 4.16. The summed E-state index contributed by atoms with van der Waals surface area (Å²) in [7, 11) is 0. The number of ether oxygens (including phenoxy) is 1. The maximum atomic E-state index is 11.4. The Labute approximate surface area is 146 Å². The van der Waals surface area contributed by atoms with E-state index in [2.05, 4.69) is 22.4 Å². The standard InChI is InChI=1S/C19H19N3O3/c1-2-12-20-18(23)19(24)22-21-13-15-8-10-17(11-9-15)25-14-16-6-4-3-5-7-16/h2-11,13H,1,12,14H2,(H,20,23)(H,22,24)/b21-13+. The van der Waals surface area contributed by atoms with Crippen LogP contribution in [-0.2, 0) is 16.2 Å². The molecule has 128 valence electrons. The fraction of sp³-hybridized carbons (Fsp3) is 0.105. The zero-order valence-electron chi connectivity index (χ0n) is 13.6. The van der Waals surface area contributed by atoms with Gasteiger partial charge in [-0.25, -0.2) is 5.43 Å². The Bertz CT molecular complexity index is 740. The Hall–Kier alpha value is -3.41. The molecular formula is C19H19N3O3. The summed E-state index contributed by atoms with van der Waals surface area (Å²) in [5.74, 6) is -0.864. The SMILES string of the molecule is C=CCNC(=O)C(=O)N/N=C/c1ccc(OCc2ccccc2)cc1. The lowest BCUT2D eigenvalue weighted by molar-refractivity contribution is -0.139. The first-order chi connectivity index (χ1) is 12.2. The number of nitrogens with one attached hydrogen (secondary N) is 2. The lowest BCUT2D eigenvalue weighted by Gasteiger charge is -2.06. The van der Waals surface area contributed by atoms with Crippen LogP contribution in [0.5, 0.6) is 5.75 Å². The third-order valence-electron chi connectivity index (χ3n) is 3.12. The highest BCUT2D eigenvalue weighted by Gasteiger charge is 2.10. The van der Waals surface area contributed by atoms with E-state index in [1.54, 1.807) is 12.1 Å². The largest absolute Gasteiger partial charge is 0.489 e. The fourth-order valence-corrected chi connectivity index (χ4v) is 1.85. The molecule has 2 N–H and O–H groups in total. The molecule has 0 radical (unpaired) electrons. The molecule has 0 atom stereocenters. The van der Waals surface area contributed by atoms with E-state index < -0.39 is 11.8 Å². The number of nitrogens with zero attached hydrogens (tertiary/aromatic N) is 1. The Morgan fingerprint density at radius 1 is 1.04 bits per heavy atom. The van der Waals surface area contributed by atoms with Crippen molar-refractivity contribution in [2.75, 3.05) is 6.54 Å². The second-order valence-electron chi connectivity index (χ2n) is 5.04. The van der Waals surface area contributed by atoms with Gasteiger partial charge in [0.25, 0.3) is 0 Å². The average molecular weight is 337 g/mol. The first-order valence-corrected chi connectivity index (χ1v) is 7.68. The predicted octanol–water partition coefficient (Wildman–Crippen LogP) is 2.02. The lowest BCUT2D eigenvalue weighted by Crippen LogP contribution is -2.37. The molecular weight excluding hydrogens is 318 g/mol. The smallest absolute Gasteiger partial charge is 0.329 e. The van der Waals surface area contributed by atoms with Gasteiger partial charge in [-0.05, 0) is 35.4 Å². The van der Waals surface area contributed by atoms with Crippen molar-refractivity contribution in [3.63, 3.8) is 0 Å². The normalized spacial score (nSPS) is 10.2. The summed E-state index contributed by atoms with van der Waals surface area (Å²) in [5.41, 5.74) is 4.01. The number of carbonyl (C=O) groups is 2. The molecule has 0 aromatic heterocycles. The van der Waals surface area contributed by atoms with Crippen molar-refractivity contribution in [2.45, 2.75) is 6.61 Å². The van der Waals surface area contributed by atoms with Crippen LogP contribution < -0.4 is 15.5 Å². The van der Waals surface area contributed by atoms with Crippen LogP contribution in [0.15, 0.2) is 72.4 Å². The van der Waals surface area contributed by atoms with E-state index in [1.807, 2.05) is 42.5 Å². The van der Waals surface area contributed by atoms with Gasteiger partial charge in [-0.15, -0.1) is 6.58 Å². The maximum Gasteiger partial charge on any atom is 0.329 e. The molecule has 0 bridgehead atoms. The van der Waals surface area contributed by atoms with E-state index in [0.29, 0.717) is 6.61 Å². The third-order valence-corrected chi connectivity index (χ3v) is 3.12. The molecule has 2 rings (SSSR count). The van der Waals surface area contributed by atoms with E-state index in [-0.39, 0.29) is 6.54 Å². The van der Waals surface area contributed by atoms with Crippen LogP contribution in [0.2, 0.25) is 0 Å². The van der Waals surface area contributed by atoms with Crippen molar-refractivity contribution in [3.8, 4) is 5.75 Å². The molecule has 2 aromatic rings. The van der Waals surface area contributed by atoms with Crippen molar-refractivity contribution < 1.29 is 14.3 Å². The van der Waals surface area contributed by atoms with Crippen LogP contribution in [0.25, 0.3) is 0 Å². The Kier molecular flexibility index (Phi) is 6.94. The first kappa shape index (κ1) is 17.9. The minimum Gasteiger partial charge on any atom is -0.489 e. The van der Waals surface area contributed by atoms with Gasteiger partial charge in [0.15, 0.2) is 0 Å². The van der Waals surface area contributed by atoms with Gasteiger partial charge < -0.3 is 10.1 Å². The van der Waals surface area contributed by atoms with Crippen LogP contribution in [0, 0.1) is 0 Å². The summed E-state index contributed by atoms with van der Waals surface area (Å²) < 4.78 is 5.68. The highest BCUT2D eigenvalue weighted by atomic mass is 16.5. The van der Waals surface area contributed by atoms with Crippen LogP contribution in [0.3, 0.4) is 0 Å². The summed E-state index contributed by atoms with van der Waals surface area (Å²) in [6, 6.07) is 17.1. The van der Waals surface area contributed by atoms with Gasteiger partial charge in [0, 0.05) is 6.54 Å². The number of amides is 2. The van der Waals surface area contributed by atoms with E-state index in [9.17, 15) is 9.59 Å². The van der Waals surface area contributed by atoms with Crippen LogP contribution in [0.1, 0.15) is 11.1 Å². The minimum atomic E-state index is -0.832. The molecule has 6 nitrogen and oxygen atoms in total. The zero-order valence-corrected chi connectivity index (χ0v) is 13.6. The summed E-state index contributed by atoms with van der Waals surface area (Å²) in [4.78, 5) is 22.7. The topological polar surface area (TPSA) is 79.8 Å². The minimum absolute atomic E-state index is 0.223. The molecule has 0 aliphatic rings. The van der Waals surface area contributed by atoms with Crippen molar-refractivity contribution in [1.29, 1.82) is 0 Å². The summed E-state index contributed by atoms with van der Waals surface area (Å²) in [6.07, 6.45) is 2.93. The predicted molar refractivity (Wildman–Crippen MR) is 96.2 cm³/mol. The highest BCUT2D eigenvalue weighted by molar-refractivity contribution is 6.35. The Balaban J connectivity index is 1.80. The van der Waals surface area contributed by atoms with Crippen molar-refractivity contribution in [2.24, 2.45) is 5.10 Å². The molecule has 0 aliphatic heterocycles. The van der Waals surface area contributed by atoms with Crippen LogP contribution in [0.4, 0.5) is 0 Å². The van der Waals surface area contributed by atoms with Gasteiger partial charge in [0.1, 0.15) is 12.4 Å². The Morgan fingerprint density at radius 2 is 1.76 bits per heavy atom. The molecule has 0 saturated carbocycles. The second kappa shape index (κ2) is 9.67. The molecule has 6 heteroatoms. The van der Waals surface area contributed by atoms with E-state index in [1.165, 1.54) is 12.3 Å². The van der Waals surface area contributed by atoms with Gasteiger partial charge in [-0.2, -0.15) is 5.10 Å². The molecule has 2 amide bonds. The van der Waals surface area contributed by atoms with Crippen molar-refractivity contribution >= 4 is 18.0 Å². The van der Waals surface area contributed by atoms with Crippen LogP contribution >= 0.6 is 0 Å². The molecule has 0 saturated heterocycles. The van der Waals surface area contributed by atoms with Gasteiger partial charge in [0.05, 0.1) is 6.21 Å². The number of hydrazone groups is 1. The number of carbonyl (C=O) groups excluding carboxylic acids is 2. The van der Waals surface area contributed by atoms with Crippen LogP contribution in [-0.4, -0.2) is 24.6 Å². The maximum absolute atomic E-state index is 11.4. The van der Waals surface area contributed by atoms with E-state index >= 15 is 0 Å². The van der Waals surface area contributed by atoms with Gasteiger partial charge in [0.2, 0.25) is 0 Å². The van der Waals surface area contributed by atoms with Crippen molar-refractivity contribution in [3.05, 3.63) is 78.4 Å². The average Bonchev–Trinajstić information content (AvgIpc) is 2.66. The first-order valence-electron chi connectivity index (χ1n) is 7.68. The zero-order chi connectivity index (χ0) is 17.9. The monoisotopic (exact) mass is 337 g/mol. The lowest BCUT2D eigenvalue weighted by atomic mass is 10.2. The molecule has 0 heterocycles. The molecule has 0 aliphatic carbocycles. The summed E-state index contributed by atoms with van der Waals surface area (Å²) in [5, 5.41) is 6.10. The number of rotatable bonds is 7. The second-order valence-corrected chi connectivity index (χ2v) is 5.04. The fourth-order valence-electron chi connectivity index (χ4n) is 1.85. The van der Waals surface area contributed by atoms with E-state index in [0.717, 1.165) is 16.9 Å².